The Morgan fingerprint density at radius 2 is 2.00 bits per heavy atom. The van der Waals surface area contributed by atoms with Crippen molar-refractivity contribution < 1.29 is 18.0 Å². The molecule has 4 nitrogen and oxygen atoms in total. The van der Waals surface area contributed by atoms with Crippen LogP contribution in [0.2, 0.25) is 0 Å². The smallest absolute Gasteiger partial charge is 0.352 e. The highest BCUT2D eigenvalue weighted by Gasteiger charge is 2.34. The largest absolute Gasteiger partial charge is 0.416 e. The Balaban J connectivity index is 1.70. The van der Waals surface area contributed by atoms with Crippen LogP contribution in [0.4, 0.5) is 30.2 Å². The van der Waals surface area contributed by atoms with Gasteiger partial charge < -0.3 is 16.0 Å². The molecule has 0 bridgehead atoms. The zero-order chi connectivity index (χ0) is 19.0. The van der Waals surface area contributed by atoms with Gasteiger partial charge in [0.15, 0.2) is 0 Å². The monoisotopic (exact) mass is 393 g/mol. The lowest BCUT2D eigenvalue weighted by Crippen LogP contribution is -2.37. The standard InChI is InChI=1S/C19H18F3N3OS/c20-19(21,22)12-8-14(25-18(26)11-4-3-7-23-10-11)17-16(9-12)27-15-6-2-1-5-13(15)24-17/h1-2,5-6,8-9,11,23-24H,3-4,7,10H2,(H,25,26). The number of carbonyl (C=O) groups is 1. The van der Waals surface area contributed by atoms with Gasteiger partial charge in [-0.15, -0.1) is 0 Å². The van der Waals surface area contributed by atoms with Gasteiger partial charge in [-0.1, -0.05) is 23.9 Å². The van der Waals surface area contributed by atoms with E-state index in [-0.39, 0.29) is 17.5 Å². The molecule has 8 heteroatoms. The lowest BCUT2D eigenvalue weighted by Gasteiger charge is -2.27. The van der Waals surface area contributed by atoms with Crippen LogP contribution in [0.3, 0.4) is 0 Å². The number of rotatable bonds is 2. The second kappa shape index (κ2) is 7.09. The summed E-state index contributed by atoms with van der Waals surface area (Å²) >= 11 is 1.26. The van der Waals surface area contributed by atoms with E-state index >= 15 is 0 Å². The molecule has 1 atom stereocenters. The number of hydrogen-bond acceptors (Lipinski definition) is 4. The van der Waals surface area contributed by atoms with Gasteiger partial charge in [0.05, 0.1) is 28.5 Å². The zero-order valence-electron chi connectivity index (χ0n) is 14.3. The normalized spacial score (nSPS) is 18.9. The third kappa shape index (κ3) is 3.77. The second-order valence-electron chi connectivity index (χ2n) is 6.65. The predicted molar refractivity (Wildman–Crippen MR) is 99.5 cm³/mol. The molecule has 27 heavy (non-hydrogen) atoms. The van der Waals surface area contributed by atoms with Crippen molar-refractivity contribution in [2.45, 2.75) is 28.8 Å². The summed E-state index contributed by atoms with van der Waals surface area (Å²) in [5.41, 5.74) is 0.706. The zero-order valence-corrected chi connectivity index (χ0v) is 15.1. The van der Waals surface area contributed by atoms with E-state index in [1.165, 1.54) is 11.8 Å². The molecule has 1 saturated heterocycles. The van der Waals surface area contributed by atoms with Gasteiger partial charge in [-0.25, -0.2) is 0 Å². The van der Waals surface area contributed by atoms with Crippen LogP contribution in [0.1, 0.15) is 18.4 Å². The average molecular weight is 393 g/mol. The number of alkyl halides is 3. The highest BCUT2D eigenvalue weighted by atomic mass is 32.2. The van der Waals surface area contributed by atoms with Crippen LogP contribution >= 0.6 is 11.8 Å². The van der Waals surface area contributed by atoms with Gasteiger partial charge in [0, 0.05) is 16.3 Å². The molecule has 1 amide bonds. The lowest BCUT2D eigenvalue weighted by atomic mass is 9.98. The molecule has 4 rings (SSSR count). The third-order valence-corrected chi connectivity index (χ3v) is 5.84. The van der Waals surface area contributed by atoms with Crippen molar-refractivity contribution in [2.75, 3.05) is 23.7 Å². The molecule has 0 spiro atoms. The van der Waals surface area contributed by atoms with Crippen LogP contribution in [0.25, 0.3) is 0 Å². The van der Waals surface area contributed by atoms with Crippen LogP contribution < -0.4 is 16.0 Å². The Kier molecular flexibility index (Phi) is 4.77. The summed E-state index contributed by atoms with van der Waals surface area (Å²) in [5.74, 6) is -0.498. The molecule has 1 fully saturated rings. The highest BCUT2D eigenvalue weighted by molar-refractivity contribution is 7.99. The first-order chi connectivity index (χ1) is 12.9. The van der Waals surface area contributed by atoms with Crippen LogP contribution in [-0.4, -0.2) is 19.0 Å². The average Bonchev–Trinajstić information content (AvgIpc) is 2.66. The Labute approximate surface area is 158 Å². The fraction of sp³-hybridized carbons (Fsp3) is 0.316. The first-order valence-electron chi connectivity index (χ1n) is 8.72. The summed E-state index contributed by atoms with van der Waals surface area (Å²) in [6.07, 6.45) is -2.89. The highest BCUT2D eigenvalue weighted by Crippen LogP contribution is 2.49. The van der Waals surface area contributed by atoms with E-state index in [0.29, 0.717) is 17.1 Å². The van der Waals surface area contributed by atoms with Crippen molar-refractivity contribution in [3.05, 3.63) is 42.0 Å². The SMILES string of the molecule is O=C(Nc1cc(C(F)(F)F)cc2c1Nc1ccccc1S2)C1CCCNC1. The van der Waals surface area contributed by atoms with Gasteiger partial charge in [0.25, 0.3) is 0 Å². The van der Waals surface area contributed by atoms with Gasteiger partial charge in [0.1, 0.15) is 0 Å². The van der Waals surface area contributed by atoms with Gasteiger partial charge >= 0.3 is 6.18 Å². The van der Waals surface area contributed by atoms with Crippen LogP contribution in [0.5, 0.6) is 0 Å². The fourth-order valence-electron chi connectivity index (χ4n) is 3.31. The lowest BCUT2D eigenvalue weighted by molar-refractivity contribution is -0.137. The molecular formula is C19H18F3N3OS. The number of anilines is 3. The molecule has 2 aliphatic rings. The summed E-state index contributed by atoms with van der Waals surface area (Å²) in [6, 6.07) is 9.54. The van der Waals surface area contributed by atoms with Gasteiger partial charge in [-0.3, -0.25) is 4.79 Å². The quantitative estimate of drug-likeness (QED) is 0.583. The number of nitrogens with one attached hydrogen (secondary N) is 3. The fourth-order valence-corrected chi connectivity index (χ4v) is 4.37. The van der Waals surface area contributed by atoms with Gasteiger partial charge in [-0.2, -0.15) is 13.2 Å². The number of amides is 1. The molecule has 0 aromatic heterocycles. The summed E-state index contributed by atoms with van der Waals surface area (Å²) in [7, 11) is 0. The molecule has 1 unspecified atom stereocenters. The number of hydrogen-bond donors (Lipinski definition) is 3. The van der Waals surface area contributed by atoms with E-state index in [1.54, 1.807) is 0 Å². The van der Waals surface area contributed by atoms with Gasteiger partial charge in [0.2, 0.25) is 5.91 Å². The maximum atomic E-state index is 13.4. The van der Waals surface area contributed by atoms with Crippen molar-refractivity contribution in [1.29, 1.82) is 0 Å². The van der Waals surface area contributed by atoms with Crippen molar-refractivity contribution in [1.82, 2.24) is 5.32 Å². The molecule has 0 aliphatic carbocycles. The first kappa shape index (κ1) is 18.2. The Morgan fingerprint density at radius 1 is 1.19 bits per heavy atom. The molecule has 0 radical (unpaired) electrons. The Morgan fingerprint density at radius 3 is 2.74 bits per heavy atom. The Bertz CT molecular complexity index is 879. The van der Waals surface area contributed by atoms with E-state index in [2.05, 4.69) is 16.0 Å². The van der Waals surface area contributed by atoms with Crippen molar-refractivity contribution in [3.8, 4) is 0 Å². The number of carbonyl (C=O) groups excluding carboxylic acids is 1. The maximum absolute atomic E-state index is 13.4. The minimum Gasteiger partial charge on any atom is -0.352 e. The van der Waals surface area contributed by atoms with Gasteiger partial charge in [-0.05, 0) is 43.7 Å². The molecule has 2 aromatic carbocycles. The third-order valence-electron chi connectivity index (χ3n) is 4.72. The van der Waals surface area contributed by atoms with Crippen molar-refractivity contribution in [2.24, 2.45) is 5.92 Å². The molecule has 142 valence electrons. The van der Waals surface area contributed by atoms with E-state index in [9.17, 15) is 18.0 Å². The molecule has 3 N–H and O–H groups in total. The number of benzene rings is 2. The number of halogens is 3. The minimum atomic E-state index is -4.49. The van der Waals surface area contributed by atoms with Crippen molar-refractivity contribution >= 4 is 34.7 Å². The van der Waals surface area contributed by atoms with Crippen molar-refractivity contribution in [3.63, 3.8) is 0 Å². The molecular weight excluding hydrogens is 375 g/mol. The summed E-state index contributed by atoms with van der Waals surface area (Å²) < 4.78 is 40.1. The van der Waals surface area contributed by atoms with Crippen LogP contribution in [0, 0.1) is 5.92 Å². The first-order valence-corrected chi connectivity index (χ1v) is 9.54. The Hall–Kier alpha value is -2.19. The predicted octanol–water partition coefficient (Wildman–Crippen LogP) is 4.85. The van der Waals surface area contributed by atoms with E-state index < -0.39 is 11.7 Å². The number of para-hydroxylation sites is 1. The molecule has 2 aliphatic heterocycles. The van der Waals surface area contributed by atoms with E-state index in [0.717, 1.165) is 42.1 Å². The molecule has 2 aromatic rings. The second-order valence-corrected chi connectivity index (χ2v) is 7.73. The molecule has 0 saturated carbocycles. The number of piperidine rings is 1. The number of fused-ring (bicyclic) bond motifs is 2. The maximum Gasteiger partial charge on any atom is 0.416 e. The van der Waals surface area contributed by atoms with Crippen LogP contribution in [0.15, 0.2) is 46.2 Å². The summed E-state index contributed by atoms with van der Waals surface area (Å²) in [6.45, 7) is 1.40. The summed E-state index contributed by atoms with van der Waals surface area (Å²) in [5, 5.41) is 9.06. The van der Waals surface area contributed by atoms with E-state index in [1.807, 2.05) is 24.3 Å². The molecule has 2 heterocycles. The summed E-state index contributed by atoms with van der Waals surface area (Å²) in [4.78, 5) is 13.9. The van der Waals surface area contributed by atoms with Crippen LogP contribution in [-0.2, 0) is 11.0 Å². The minimum absolute atomic E-state index is 0.164. The van der Waals surface area contributed by atoms with E-state index in [4.69, 9.17) is 0 Å². The topological polar surface area (TPSA) is 53.2 Å².